The zero-order valence-corrected chi connectivity index (χ0v) is 14.5. The van der Waals surface area contributed by atoms with Gasteiger partial charge in [0.05, 0.1) is 12.4 Å². The molecule has 1 fully saturated rings. The lowest BCUT2D eigenvalue weighted by Crippen LogP contribution is -2.35. The van der Waals surface area contributed by atoms with E-state index in [1.165, 1.54) is 0 Å². The van der Waals surface area contributed by atoms with Crippen molar-refractivity contribution in [3.8, 4) is 0 Å². The van der Waals surface area contributed by atoms with Crippen LogP contribution in [0.4, 0.5) is 5.82 Å². The molecule has 0 bridgehead atoms. The second-order valence-corrected chi connectivity index (χ2v) is 6.67. The number of anilines is 1. The Kier molecular flexibility index (Phi) is 4.88. The van der Waals surface area contributed by atoms with Gasteiger partial charge < -0.3 is 10.0 Å². The highest BCUT2D eigenvalue weighted by Gasteiger charge is 2.22. The van der Waals surface area contributed by atoms with Crippen LogP contribution < -0.4 is 4.90 Å². The third-order valence-corrected chi connectivity index (χ3v) is 4.89. The van der Waals surface area contributed by atoms with Crippen molar-refractivity contribution in [2.24, 2.45) is 5.92 Å². The Morgan fingerprint density at radius 2 is 1.92 bits per heavy atom. The molecular weight excluding hydrogens is 328 g/mol. The number of aromatic nitrogens is 5. The molecule has 7 nitrogen and oxygen atoms in total. The predicted octanol–water partition coefficient (Wildman–Crippen LogP) is 2.07. The van der Waals surface area contributed by atoms with Crippen LogP contribution in [0.5, 0.6) is 0 Å². The van der Waals surface area contributed by atoms with Gasteiger partial charge in [-0.2, -0.15) is 0 Å². The van der Waals surface area contributed by atoms with Gasteiger partial charge in [-0.1, -0.05) is 35.5 Å². The highest BCUT2D eigenvalue weighted by molar-refractivity contribution is 5.35. The number of nitrogens with zero attached hydrogens (tertiary/aromatic N) is 6. The van der Waals surface area contributed by atoms with Gasteiger partial charge in [0.25, 0.3) is 0 Å². The molecule has 1 aromatic carbocycles. The highest BCUT2D eigenvalue weighted by atomic mass is 16.3. The largest absolute Gasteiger partial charge is 0.382 e. The van der Waals surface area contributed by atoms with Crippen molar-refractivity contribution in [2.75, 3.05) is 18.0 Å². The summed E-state index contributed by atoms with van der Waals surface area (Å²) in [6.07, 6.45) is 8.52. The number of rotatable bonds is 5. The van der Waals surface area contributed by atoms with E-state index in [9.17, 15) is 5.11 Å². The van der Waals surface area contributed by atoms with Crippen LogP contribution in [0.2, 0.25) is 0 Å². The summed E-state index contributed by atoms with van der Waals surface area (Å²) in [6, 6.07) is 9.54. The van der Waals surface area contributed by atoms with Gasteiger partial charge in [-0.3, -0.25) is 9.67 Å². The van der Waals surface area contributed by atoms with E-state index in [0.29, 0.717) is 11.6 Å². The topological polar surface area (TPSA) is 80.0 Å². The van der Waals surface area contributed by atoms with Crippen molar-refractivity contribution in [1.82, 2.24) is 25.0 Å². The van der Waals surface area contributed by atoms with Crippen molar-refractivity contribution in [3.63, 3.8) is 0 Å². The van der Waals surface area contributed by atoms with Crippen LogP contribution in [-0.4, -0.2) is 43.2 Å². The quantitative estimate of drug-likeness (QED) is 0.759. The Bertz CT molecular complexity index is 814. The second kappa shape index (κ2) is 7.61. The van der Waals surface area contributed by atoms with Crippen molar-refractivity contribution in [1.29, 1.82) is 0 Å². The molecule has 0 unspecified atom stereocenters. The molecule has 1 aliphatic heterocycles. The maximum absolute atomic E-state index is 10.4. The monoisotopic (exact) mass is 350 g/mol. The molecule has 0 radical (unpaired) electrons. The molecule has 0 spiro atoms. The lowest BCUT2D eigenvalue weighted by atomic mass is 9.97. The van der Waals surface area contributed by atoms with Crippen molar-refractivity contribution < 1.29 is 5.11 Å². The van der Waals surface area contributed by atoms with Crippen molar-refractivity contribution in [3.05, 3.63) is 66.4 Å². The Balaban J connectivity index is 1.34. The van der Waals surface area contributed by atoms with E-state index in [0.717, 1.165) is 43.9 Å². The van der Waals surface area contributed by atoms with E-state index in [4.69, 9.17) is 0 Å². The molecule has 1 atom stereocenters. The van der Waals surface area contributed by atoms with Gasteiger partial charge in [0.2, 0.25) is 0 Å². The molecule has 1 aliphatic rings. The first-order valence-corrected chi connectivity index (χ1v) is 8.93. The fourth-order valence-corrected chi connectivity index (χ4v) is 3.40. The van der Waals surface area contributed by atoms with E-state index >= 15 is 0 Å². The van der Waals surface area contributed by atoms with Crippen LogP contribution in [0.3, 0.4) is 0 Å². The highest BCUT2D eigenvalue weighted by Crippen LogP contribution is 2.23. The standard InChI is InChI=1S/C19H22N6O/c26-19(16-4-2-1-3-5-16)17-14-25(23-22-17)13-15-6-10-24(11-7-15)18-12-20-8-9-21-18/h1-5,8-9,12,14-15,19,26H,6-7,10-11,13H2/t19-/m1/s1. The number of aliphatic hydroxyl groups excluding tert-OH is 1. The molecule has 3 aromatic rings. The molecule has 26 heavy (non-hydrogen) atoms. The van der Waals surface area contributed by atoms with E-state index in [-0.39, 0.29) is 0 Å². The summed E-state index contributed by atoms with van der Waals surface area (Å²) in [7, 11) is 0. The summed E-state index contributed by atoms with van der Waals surface area (Å²) in [6.45, 7) is 2.76. The first kappa shape index (κ1) is 16.7. The minimum Gasteiger partial charge on any atom is -0.382 e. The molecule has 2 aromatic heterocycles. The third kappa shape index (κ3) is 3.72. The Morgan fingerprint density at radius 1 is 1.12 bits per heavy atom. The lowest BCUT2D eigenvalue weighted by molar-refractivity contribution is 0.215. The summed E-state index contributed by atoms with van der Waals surface area (Å²) < 4.78 is 1.85. The Hall–Kier alpha value is -2.80. The molecule has 3 heterocycles. The average Bonchev–Trinajstić information content (AvgIpc) is 3.18. The Labute approximate surface area is 152 Å². The van der Waals surface area contributed by atoms with Crippen LogP contribution in [0.1, 0.15) is 30.2 Å². The molecular formula is C19H22N6O. The smallest absolute Gasteiger partial charge is 0.147 e. The molecule has 1 N–H and O–H groups in total. The normalized spacial score (nSPS) is 16.6. The number of hydrogen-bond donors (Lipinski definition) is 1. The molecule has 1 saturated heterocycles. The number of aliphatic hydroxyl groups is 1. The number of benzene rings is 1. The summed E-state index contributed by atoms with van der Waals surface area (Å²) in [5, 5.41) is 18.8. The van der Waals surface area contributed by atoms with Gasteiger partial charge in [-0.15, -0.1) is 5.10 Å². The summed E-state index contributed by atoms with van der Waals surface area (Å²) in [4.78, 5) is 10.8. The van der Waals surface area contributed by atoms with Crippen molar-refractivity contribution in [2.45, 2.75) is 25.5 Å². The molecule has 0 aliphatic carbocycles. The SMILES string of the molecule is O[C@H](c1ccccc1)c1cn(CC2CCN(c3cnccn3)CC2)nn1. The van der Waals surface area contributed by atoms with E-state index < -0.39 is 6.10 Å². The van der Waals surface area contributed by atoms with Crippen molar-refractivity contribution >= 4 is 5.82 Å². The Morgan fingerprint density at radius 3 is 2.65 bits per heavy atom. The minimum absolute atomic E-state index is 0.548. The fourth-order valence-electron chi connectivity index (χ4n) is 3.40. The first-order chi connectivity index (χ1) is 12.8. The van der Waals surface area contributed by atoms with Gasteiger partial charge in [-0.25, -0.2) is 4.98 Å². The number of hydrogen-bond acceptors (Lipinski definition) is 6. The molecule has 134 valence electrons. The lowest BCUT2D eigenvalue weighted by Gasteiger charge is -2.32. The zero-order valence-electron chi connectivity index (χ0n) is 14.5. The molecule has 0 saturated carbocycles. The van der Waals surface area contributed by atoms with Crippen LogP contribution in [-0.2, 0) is 6.54 Å². The zero-order chi connectivity index (χ0) is 17.8. The van der Waals surface area contributed by atoms with Crippen LogP contribution in [0, 0.1) is 5.92 Å². The average molecular weight is 350 g/mol. The van der Waals surface area contributed by atoms with E-state index in [2.05, 4.69) is 25.2 Å². The van der Waals surface area contributed by atoms with E-state index in [1.807, 2.05) is 47.4 Å². The molecule has 7 heteroatoms. The van der Waals surface area contributed by atoms with Gasteiger partial charge in [0.15, 0.2) is 0 Å². The maximum atomic E-state index is 10.4. The summed E-state index contributed by atoms with van der Waals surface area (Å²) >= 11 is 0. The van der Waals surface area contributed by atoms with Gasteiger partial charge in [0, 0.05) is 32.0 Å². The first-order valence-electron chi connectivity index (χ1n) is 8.93. The predicted molar refractivity (Wildman–Crippen MR) is 97.5 cm³/mol. The van der Waals surface area contributed by atoms with Gasteiger partial charge in [0.1, 0.15) is 17.6 Å². The second-order valence-electron chi connectivity index (χ2n) is 6.67. The maximum Gasteiger partial charge on any atom is 0.147 e. The molecule has 4 rings (SSSR count). The van der Waals surface area contributed by atoms with Gasteiger partial charge >= 0.3 is 0 Å². The fraction of sp³-hybridized carbons (Fsp3) is 0.368. The van der Waals surface area contributed by atoms with Crippen LogP contribution >= 0.6 is 0 Å². The number of piperidine rings is 1. The van der Waals surface area contributed by atoms with Crippen LogP contribution in [0.15, 0.2) is 55.1 Å². The summed E-state index contributed by atoms with van der Waals surface area (Å²) in [5.74, 6) is 1.49. The van der Waals surface area contributed by atoms with Crippen LogP contribution in [0.25, 0.3) is 0 Å². The van der Waals surface area contributed by atoms with E-state index in [1.54, 1.807) is 12.4 Å². The third-order valence-electron chi connectivity index (χ3n) is 4.89. The minimum atomic E-state index is -0.733. The van der Waals surface area contributed by atoms with Gasteiger partial charge in [-0.05, 0) is 24.3 Å². The molecule has 0 amide bonds. The summed E-state index contributed by atoms with van der Waals surface area (Å²) in [5.41, 5.74) is 1.42.